The van der Waals surface area contributed by atoms with E-state index < -0.39 is 5.97 Å². The molecule has 0 saturated heterocycles. The maximum Gasteiger partial charge on any atom is 0.243 e. The summed E-state index contributed by atoms with van der Waals surface area (Å²) in [7, 11) is 3.35. The van der Waals surface area contributed by atoms with Gasteiger partial charge in [0.1, 0.15) is 12.4 Å². The number of carboxylic acids is 1. The van der Waals surface area contributed by atoms with Crippen molar-refractivity contribution in [3.8, 4) is 0 Å². The van der Waals surface area contributed by atoms with Crippen LogP contribution in [0.3, 0.4) is 0 Å². The third-order valence-electron chi connectivity index (χ3n) is 1.86. The lowest BCUT2D eigenvalue weighted by Gasteiger charge is -1.94. The number of nitrogens with zero attached hydrogens (tertiary/aromatic N) is 2. The number of unbranched alkanes of at least 4 members (excludes halogenated alkanes) is 1. The normalized spacial score (nSPS) is 9.44. The fraction of sp³-hybridized carbons (Fsp3) is 0.636. The van der Waals surface area contributed by atoms with Gasteiger partial charge in [0.15, 0.2) is 0 Å². The molecule has 92 valence electrons. The minimum Gasteiger partial charge on any atom is -0.548 e. The topological polar surface area (TPSA) is 58.2 Å². The third-order valence-corrected chi connectivity index (χ3v) is 1.86. The lowest BCUT2D eigenvalue weighted by atomic mass is 10.3. The molecular weight excluding hydrogens is 208 g/mol. The average Bonchev–Trinajstić information content (AvgIpc) is 2.62. The third kappa shape index (κ3) is 7.99. The number of carbonyl (C=O) groups is 1. The van der Waals surface area contributed by atoms with E-state index in [2.05, 4.69) is 39.5 Å². The summed E-state index contributed by atoms with van der Waals surface area (Å²) in [5.41, 5.74) is 0. The molecule has 0 spiro atoms. The molecule has 0 amide bonds. The molecule has 1 aromatic heterocycles. The number of aryl methyl sites for hydroxylation is 2. The van der Waals surface area contributed by atoms with Crippen molar-refractivity contribution in [2.75, 3.05) is 13.7 Å². The fourth-order valence-corrected chi connectivity index (χ4v) is 1.09. The standard InChI is InChI=1S/C8H15N2.C3H6O3/c1-3-4-5-10-7-6-9(2)8-10;1-6-2-3(4)5/h6-8H,3-5H2,1-2H3;2H2,1H3,(H,4,5)/q+1;/p-1. The maximum absolute atomic E-state index is 9.36. The second-order valence-electron chi connectivity index (χ2n) is 3.48. The molecule has 0 radical (unpaired) electrons. The van der Waals surface area contributed by atoms with Gasteiger partial charge in [-0.2, -0.15) is 0 Å². The van der Waals surface area contributed by atoms with Gasteiger partial charge in [-0.15, -0.1) is 0 Å². The molecule has 1 aromatic rings. The van der Waals surface area contributed by atoms with Crippen molar-refractivity contribution in [2.45, 2.75) is 26.3 Å². The summed E-state index contributed by atoms with van der Waals surface area (Å²) in [4.78, 5) is 9.36. The molecule has 0 bridgehead atoms. The quantitative estimate of drug-likeness (QED) is 0.638. The van der Waals surface area contributed by atoms with Crippen LogP contribution in [-0.4, -0.2) is 24.3 Å². The van der Waals surface area contributed by atoms with E-state index in [1.54, 1.807) is 0 Å². The number of carbonyl (C=O) groups excluding carboxylic acids is 1. The number of rotatable bonds is 5. The predicted octanol–water partition coefficient (Wildman–Crippen LogP) is -0.505. The molecule has 1 heterocycles. The molecular formula is C11H20N2O3. The number of aromatic nitrogens is 2. The Labute approximate surface area is 96.3 Å². The molecule has 1 rings (SSSR count). The molecule has 0 atom stereocenters. The van der Waals surface area contributed by atoms with Crippen LogP contribution in [0.4, 0.5) is 0 Å². The van der Waals surface area contributed by atoms with Gasteiger partial charge in [0.2, 0.25) is 6.33 Å². The maximum atomic E-state index is 9.36. The van der Waals surface area contributed by atoms with Crippen molar-refractivity contribution in [1.29, 1.82) is 0 Å². The molecule has 0 aliphatic heterocycles. The van der Waals surface area contributed by atoms with Crippen LogP contribution in [0.25, 0.3) is 0 Å². The van der Waals surface area contributed by atoms with E-state index in [4.69, 9.17) is 0 Å². The van der Waals surface area contributed by atoms with Crippen LogP contribution in [0.5, 0.6) is 0 Å². The summed E-state index contributed by atoms with van der Waals surface area (Å²) >= 11 is 0. The summed E-state index contributed by atoms with van der Waals surface area (Å²) in [6, 6.07) is 0. The zero-order valence-electron chi connectivity index (χ0n) is 10.2. The van der Waals surface area contributed by atoms with Gasteiger partial charge in [0.25, 0.3) is 0 Å². The molecule has 0 aliphatic rings. The first-order chi connectivity index (χ1) is 7.60. The lowest BCUT2D eigenvalue weighted by molar-refractivity contribution is -0.671. The summed E-state index contributed by atoms with van der Waals surface area (Å²) in [6.07, 6.45) is 8.82. The minimum absolute atomic E-state index is 0.319. The number of ether oxygens (including phenoxy) is 1. The average molecular weight is 228 g/mol. The van der Waals surface area contributed by atoms with Crippen LogP contribution in [-0.2, 0) is 23.1 Å². The van der Waals surface area contributed by atoms with Crippen LogP contribution < -0.4 is 9.67 Å². The first-order valence-electron chi connectivity index (χ1n) is 5.30. The summed E-state index contributed by atoms with van der Waals surface area (Å²) in [6.45, 7) is 3.04. The molecule has 0 fully saturated rings. The van der Waals surface area contributed by atoms with E-state index in [0.29, 0.717) is 0 Å². The molecule has 0 aromatic carbocycles. The SMILES string of the molecule is CCCCn1cc[n+](C)c1.COCC(=O)[O-]. The van der Waals surface area contributed by atoms with Gasteiger partial charge in [-0.1, -0.05) is 13.3 Å². The van der Waals surface area contributed by atoms with Crippen LogP contribution in [0.1, 0.15) is 19.8 Å². The zero-order valence-corrected chi connectivity index (χ0v) is 10.2. The minimum atomic E-state index is -1.18. The number of hydrogen-bond donors (Lipinski definition) is 0. The van der Waals surface area contributed by atoms with Crippen molar-refractivity contribution in [3.63, 3.8) is 0 Å². The van der Waals surface area contributed by atoms with E-state index in [0.717, 1.165) is 6.54 Å². The van der Waals surface area contributed by atoms with Crippen LogP contribution in [0.2, 0.25) is 0 Å². The van der Waals surface area contributed by atoms with Gasteiger partial charge in [0.05, 0.1) is 26.2 Å². The van der Waals surface area contributed by atoms with Crippen molar-refractivity contribution >= 4 is 5.97 Å². The fourth-order valence-electron chi connectivity index (χ4n) is 1.09. The highest BCUT2D eigenvalue weighted by molar-refractivity contribution is 5.65. The molecule has 5 heteroatoms. The van der Waals surface area contributed by atoms with Gasteiger partial charge >= 0.3 is 0 Å². The number of imidazole rings is 1. The molecule has 5 nitrogen and oxygen atoms in total. The summed E-state index contributed by atoms with van der Waals surface area (Å²) in [5, 5.41) is 9.36. The second kappa shape index (κ2) is 8.91. The summed E-state index contributed by atoms with van der Waals surface area (Å²) in [5.74, 6) is -1.18. The van der Waals surface area contributed by atoms with Crippen molar-refractivity contribution < 1.29 is 19.2 Å². The van der Waals surface area contributed by atoms with Crippen molar-refractivity contribution in [2.24, 2.45) is 7.05 Å². The van der Waals surface area contributed by atoms with Crippen LogP contribution >= 0.6 is 0 Å². The predicted molar refractivity (Wildman–Crippen MR) is 57.4 cm³/mol. The Hall–Kier alpha value is -1.36. The molecule has 0 unspecified atom stereocenters. The van der Waals surface area contributed by atoms with Crippen molar-refractivity contribution in [3.05, 3.63) is 18.7 Å². The molecule has 0 saturated carbocycles. The molecule has 0 N–H and O–H groups in total. The Morgan fingerprint density at radius 3 is 2.56 bits per heavy atom. The van der Waals surface area contributed by atoms with Gasteiger partial charge in [0, 0.05) is 7.11 Å². The Kier molecular flexibility index (Phi) is 8.15. The zero-order chi connectivity index (χ0) is 12.4. The van der Waals surface area contributed by atoms with Crippen molar-refractivity contribution in [1.82, 2.24) is 4.57 Å². The number of carboxylic acid groups (broad SMARTS) is 1. The first kappa shape index (κ1) is 14.6. The number of methoxy groups -OCH3 is 1. The van der Waals surface area contributed by atoms with E-state index in [-0.39, 0.29) is 6.61 Å². The van der Waals surface area contributed by atoms with Crippen LogP contribution in [0.15, 0.2) is 18.7 Å². The first-order valence-corrected chi connectivity index (χ1v) is 5.30. The van der Waals surface area contributed by atoms with E-state index >= 15 is 0 Å². The highest BCUT2D eigenvalue weighted by Gasteiger charge is 1.96. The highest BCUT2D eigenvalue weighted by atomic mass is 16.5. The largest absolute Gasteiger partial charge is 0.548 e. The summed E-state index contributed by atoms with van der Waals surface area (Å²) < 4.78 is 8.42. The lowest BCUT2D eigenvalue weighted by Crippen LogP contribution is -2.26. The molecule has 16 heavy (non-hydrogen) atoms. The van der Waals surface area contributed by atoms with Gasteiger partial charge < -0.3 is 14.6 Å². The van der Waals surface area contributed by atoms with Crippen LogP contribution in [0, 0.1) is 0 Å². The van der Waals surface area contributed by atoms with Gasteiger partial charge in [-0.25, -0.2) is 9.13 Å². The Balaban J connectivity index is 0.000000325. The van der Waals surface area contributed by atoms with Gasteiger partial charge in [-0.05, 0) is 6.42 Å². The molecule has 0 aliphatic carbocycles. The number of hydrogen-bond acceptors (Lipinski definition) is 3. The highest BCUT2D eigenvalue weighted by Crippen LogP contribution is 1.91. The van der Waals surface area contributed by atoms with Gasteiger partial charge in [-0.3, -0.25) is 0 Å². The van der Waals surface area contributed by atoms with E-state index in [9.17, 15) is 9.90 Å². The van der Waals surface area contributed by atoms with E-state index in [1.807, 2.05) is 7.05 Å². The Morgan fingerprint density at radius 1 is 1.56 bits per heavy atom. The second-order valence-corrected chi connectivity index (χ2v) is 3.48. The smallest absolute Gasteiger partial charge is 0.243 e. The Bertz CT molecular complexity index is 297. The van der Waals surface area contributed by atoms with E-state index in [1.165, 1.54) is 20.0 Å². The Morgan fingerprint density at radius 2 is 2.25 bits per heavy atom. The monoisotopic (exact) mass is 228 g/mol. The number of aliphatic carboxylic acids is 1.